The molecule has 0 aromatic heterocycles. The first-order valence-electron chi connectivity index (χ1n) is 24.7. The molecule has 0 nitrogen and oxygen atoms in total. The van der Waals surface area contributed by atoms with Gasteiger partial charge in [-0.05, 0) is 170 Å². The van der Waals surface area contributed by atoms with Crippen LogP contribution in [0, 0.1) is 12.3 Å². The fraction of sp³-hybridized carbons (Fsp3) is 0.143. The summed E-state index contributed by atoms with van der Waals surface area (Å²) in [7, 11) is 0. The summed E-state index contributed by atoms with van der Waals surface area (Å²) < 4.78 is 0. The lowest BCUT2D eigenvalue weighted by molar-refractivity contribution is 0.486. The van der Waals surface area contributed by atoms with Gasteiger partial charge in [0.05, 0.1) is 0 Å². The topological polar surface area (TPSA) is 0 Å². The molecule has 0 spiro atoms. The van der Waals surface area contributed by atoms with E-state index in [1.54, 1.807) is 0 Å². The fourth-order valence-corrected chi connectivity index (χ4v) is 10.6. The minimum absolute atomic E-state index is 0. The molecule has 0 fully saturated rings. The van der Waals surface area contributed by atoms with Crippen LogP contribution in [0.5, 0.6) is 0 Å². The highest BCUT2D eigenvalue weighted by atomic mass is 14.2. The van der Waals surface area contributed by atoms with E-state index in [1.165, 1.54) is 115 Å². The quantitative estimate of drug-likeness (QED) is 0.140. The highest BCUT2D eigenvalue weighted by molar-refractivity contribution is 6.14. The molecule has 344 valence electrons. The van der Waals surface area contributed by atoms with Crippen molar-refractivity contribution in [1.29, 1.82) is 0 Å². The first-order chi connectivity index (χ1) is 33.7. The molecule has 11 rings (SSSR count). The number of benzene rings is 9. The van der Waals surface area contributed by atoms with Crippen molar-refractivity contribution in [1.82, 2.24) is 0 Å². The number of hydrogen-bond acceptors (Lipinski definition) is 0. The van der Waals surface area contributed by atoms with Gasteiger partial charge >= 0.3 is 0 Å². The summed E-state index contributed by atoms with van der Waals surface area (Å²) >= 11 is 0. The molecule has 0 heteroatoms. The van der Waals surface area contributed by atoms with Gasteiger partial charge in [-0.15, -0.1) is 0 Å². The van der Waals surface area contributed by atoms with Gasteiger partial charge in [0.15, 0.2) is 0 Å². The Morgan fingerprint density at radius 3 is 1.84 bits per heavy atom. The molecule has 0 saturated carbocycles. The maximum atomic E-state index is 4.71. The average Bonchev–Trinajstić information content (AvgIpc) is 3.39. The van der Waals surface area contributed by atoms with Crippen molar-refractivity contribution in [3.05, 3.63) is 238 Å². The molecule has 2 aliphatic rings. The van der Waals surface area contributed by atoms with Crippen molar-refractivity contribution in [2.45, 2.75) is 61.8 Å². The van der Waals surface area contributed by atoms with Gasteiger partial charge < -0.3 is 0 Å². The van der Waals surface area contributed by atoms with Crippen LogP contribution in [-0.2, 0) is 6.42 Å². The summed E-state index contributed by atoms with van der Waals surface area (Å²) in [5.41, 5.74) is 17.6. The Morgan fingerprint density at radius 1 is 0.557 bits per heavy atom. The minimum Gasteiger partial charge on any atom is -0.0990 e. The van der Waals surface area contributed by atoms with Gasteiger partial charge in [0.1, 0.15) is 0 Å². The van der Waals surface area contributed by atoms with Gasteiger partial charge in [-0.3, -0.25) is 0 Å². The SMILES string of the molecule is C.C=C/C=c1/ccc(-c2cccc(-c3ccc(-c4cccc(C5=CC=c6ccc7c(C8=CCC(C)(C)C=C8)cc/c(=C/C)c7c6C5)c4)cc3)c2)c2ccc3ccc(-c4ccc(C)cc4)c(=C)c3c12.CC. The molecule has 0 radical (unpaired) electrons. The second-order valence-corrected chi connectivity index (χ2v) is 19.2. The predicted molar refractivity (Wildman–Crippen MR) is 310 cm³/mol. The van der Waals surface area contributed by atoms with Crippen molar-refractivity contribution in [2.75, 3.05) is 0 Å². The average molecular weight is 905 g/mol. The summed E-state index contributed by atoms with van der Waals surface area (Å²) in [6, 6.07) is 58.7. The minimum atomic E-state index is 0. The standard InChI is InChI=1S/C67H54.C2H6.CH4/c1-7-11-51-29-33-60(62-35-30-52-28-31-58(44(4)64(52)66(51)62)48-18-16-43(3)17-19-48)57-15-10-13-54(41-57)47-22-20-46(21-23-47)53-12-9-14-55(40-53)56-25-24-49-27-34-61-59(50-36-38-67(5,6)39-37-50)32-26-45(8-2)65(61)63(49)42-56;1-2;/h7-38,40-41H,1,4,39,42H2,2-3,5-6H3;1-2H3;1H4/b45-8-,51-11-;;. The molecule has 9 aromatic rings. The molecule has 0 aliphatic heterocycles. The van der Waals surface area contributed by atoms with Crippen molar-refractivity contribution in [3.63, 3.8) is 0 Å². The third-order valence-corrected chi connectivity index (χ3v) is 14.3. The molecule has 0 N–H and O–H groups in total. The maximum absolute atomic E-state index is 4.71. The van der Waals surface area contributed by atoms with E-state index < -0.39 is 0 Å². The van der Waals surface area contributed by atoms with E-state index in [-0.39, 0.29) is 12.8 Å². The van der Waals surface area contributed by atoms with E-state index in [9.17, 15) is 0 Å². The molecular weight excluding hydrogens is 841 g/mol. The van der Waals surface area contributed by atoms with Gasteiger partial charge in [-0.2, -0.15) is 0 Å². The van der Waals surface area contributed by atoms with Gasteiger partial charge in [0.25, 0.3) is 0 Å². The summed E-state index contributed by atoms with van der Waals surface area (Å²) in [6.07, 6.45) is 20.0. The van der Waals surface area contributed by atoms with Crippen LogP contribution in [0.3, 0.4) is 0 Å². The van der Waals surface area contributed by atoms with Crippen molar-refractivity contribution in [3.8, 4) is 44.5 Å². The Labute approximate surface area is 415 Å². The number of allylic oxidation sites excluding steroid dienone is 7. The highest BCUT2D eigenvalue weighted by Gasteiger charge is 2.20. The molecule has 0 bridgehead atoms. The molecule has 2 aliphatic carbocycles. The van der Waals surface area contributed by atoms with Crippen LogP contribution in [0.1, 0.15) is 70.7 Å². The fourth-order valence-electron chi connectivity index (χ4n) is 10.6. The van der Waals surface area contributed by atoms with Crippen LogP contribution in [0.2, 0.25) is 0 Å². The van der Waals surface area contributed by atoms with Crippen LogP contribution in [0.4, 0.5) is 0 Å². The van der Waals surface area contributed by atoms with E-state index >= 15 is 0 Å². The molecule has 70 heavy (non-hydrogen) atoms. The van der Waals surface area contributed by atoms with Crippen LogP contribution < -0.4 is 20.9 Å². The van der Waals surface area contributed by atoms with Crippen LogP contribution >= 0.6 is 0 Å². The Kier molecular flexibility index (Phi) is 13.3. The zero-order valence-electron chi connectivity index (χ0n) is 41.0. The molecule has 9 aromatic carbocycles. The zero-order chi connectivity index (χ0) is 47.8. The lowest BCUT2D eigenvalue weighted by Gasteiger charge is -2.24. The Bertz CT molecular complexity index is 3850. The molecular formula is C70H64. The van der Waals surface area contributed by atoms with Crippen molar-refractivity contribution in [2.24, 2.45) is 5.41 Å². The maximum Gasteiger partial charge on any atom is -0.000750 e. The number of hydrogen-bond donors (Lipinski definition) is 0. The Morgan fingerprint density at radius 2 is 1.16 bits per heavy atom. The normalized spacial score (nSPS) is 14.3. The van der Waals surface area contributed by atoms with E-state index in [2.05, 4.69) is 235 Å². The Balaban J connectivity index is 0.00000200. The van der Waals surface area contributed by atoms with Crippen molar-refractivity contribution >= 4 is 68.3 Å². The summed E-state index contributed by atoms with van der Waals surface area (Å²) in [4.78, 5) is 0. The third-order valence-electron chi connectivity index (χ3n) is 14.3. The predicted octanol–water partition coefficient (Wildman–Crippen LogP) is 16.8. The number of aryl methyl sites for hydroxylation is 1. The first kappa shape index (κ1) is 47.3. The first-order valence-corrected chi connectivity index (χ1v) is 24.7. The van der Waals surface area contributed by atoms with E-state index in [1.807, 2.05) is 19.9 Å². The molecule has 0 heterocycles. The molecule has 0 atom stereocenters. The molecule has 0 amide bonds. The number of rotatable bonds is 7. The van der Waals surface area contributed by atoms with E-state index in [4.69, 9.17) is 6.58 Å². The number of fused-ring (bicyclic) bond motifs is 6. The zero-order valence-corrected chi connectivity index (χ0v) is 41.0. The van der Waals surface area contributed by atoms with Gasteiger partial charge in [-0.1, -0.05) is 248 Å². The highest BCUT2D eigenvalue weighted by Crippen LogP contribution is 2.37. The lowest BCUT2D eigenvalue weighted by Crippen LogP contribution is -2.18. The largest absolute Gasteiger partial charge is 0.0990 e. The molecule has 0 saturated heterocycles. The smallest absolute Gasteiger partial charge is 0.000750 e. The van der Waals surface area contributed by atoms with E-state index in [0.717, 1.165) is 28.8 Å². The monoisotopic (exact) mass is 905 g/mol. The van der Waals surface area contributed by atoms with Crippen LogP contribution in [-0.4, -0.2) is 0 Å². The summed E-state index contributed by atoms with van der Waals surface area (Å²) in [5, 5.41) is 12.3. The Hall–Kier alpha value is -7.80. The van der Waals surface area contributed by atoms with E-state index in [0.29, 0.717) is 0 Å². The van der Waals surface area contributed by atoms with Gasteiger partial charge in [0, 0.05) is 0 Å². The second-order valence-electron chi connectivity index (χ2n) is 19.2. The van der Waals surface area contributed by atoms with Gasteiger partial charge in [-0.25, -0.2) is 0 Å². The van der Waals surface area contributed by atoms with Gasteiger partial charge in [0.2, 0.25) is 0 Å². The third kappa shape index (κ3) is 8.76. The lowest BCUT2D eigenvalue weighted by atomic mass is 9.81. The summed E-state index contributed by atoms with van der Waals surface area (Å²) in [6.45, 7) is 21.7. The summed E-state index contributed by atoms with van der Waals surface area (Å²) in [5.74, 6) is 0. The van der Waals surface area contributed by atoms with Crippen LogP contribution in [0.15, 0.2) is 195 Å². The van der Waals surface area contributed by atoms with Crippen LogP contribution in [0.25, 0.3) is 113 Å². The second kappa shape index (κ2) is 19.7. The van der Waals surface area contributed by atoms with Crippen molar-refractivity contribution < 1.29 is 0 Å². The molecule has 0 unspecified atom stereocenters.